The molecule has 1 unspecified atom stereocenters. The first kappa shape index (κ1) is 16.9. The van der Waals surface area contributed by atoms with E-state index in [1.54, 1.807) is 4.90 Å². The van der Waals surface area contributed by atoms with Crippen LogP contribution in [0.15, 0.2) is 0 Å². The van der Waals surface area contributed by atoms with Crippen molar-refractivity contribution >= 4 is 11.9 Å². The lowest BCUT2D eigenvalue weighted by molar-refractivity contribution is -0.141. The van der Waals surface area contributed by atoms with E-state index in [2.05, 4.69) is 13.8 Å². The van der Waals surface area contributed by atoms with Crippen LogP contribution in [0, 0.1) is 11.8 Å². The monoisotopic (exact) mass is 257 g/mol. The van der Waals surface area contributed by atoms with Crippen LogP contribution in [0.25, 0.3) is 0 Å². The average molecular weight is 257 g/mol. The maximum atomic E-state index is 12.4. The molecule has 0 fully saturated rings. The number of carboxylic acids is 1. The molecule has 0 spiro atoms. The molecule has 4 heteroatoms. The van der Waals surface area contributed by atoms with Gasteiger partial charge in [0.2, 0.25) is 5.91 Å². The number of nitrogens with zero attached hydrogens (tertiary/aromatic N) is 1. The Hall–Kier alpha value is -1.06. The van der Waals surface area contributed by atoms with Gasteiger partial charge in [-0.25, -0.2) is 0 Å². The Labute approximate surface area is 110 Å². The van der Waals surface area contributed by atoms with Crippen LogP contribution < -0.4 is 0 Å². The lowest BCUT2D eigenvalue weighted by Crippen LogP contribution is -2.43. The Morgan fingerprint density at radius 1 is 1.11 bits per heavy atom. The van der Waals surface area contributed by atoms with E-state index < -0.39 is 5.97 Å². The molecule has 4 nitrogen and oxygen atoms in total. The van der Waals surface area contributed by atoms with E-state index in [1.165, 1.54) is 0 Å². The SMILES string of the molecule is CCC(CC)C(C)C(=O)N(CCC(=O)O)C(C)C. The molecule has 106 valence electrons. The summed E-state index contributed by atoms with van der Waals surface area (Å²) in [4.78, 5) is 24.7. The topological polar surface area (TPSA) is 57.6 Å². The summed E-state index contributed by atoms with van der Waals surface area (Å²) in [6.07, 6.45) is 1.97. The molecule has 0 aliphatic rings. The standard InChI is InChI=1S/C14H27NO3/c1-6-12(7-2)11(5)14(18)15(10(3)4)9-8-13(16)17/h10-12H,6-9H2,1-5H3,(H,16,17). The summed E-state index contributed by atoms with van der Waals surface area (Å²) in [6.45, 7) is 10.3. The third-order valence-electron chi connectivity index (χ3n) is 3.62. The molecule has 0 radical (unpaired) electrons. The zero-order valence-electron chi connectivity index (χ0n) is 12.3. The molecule has 18 heavy (non-hydrogen) atoms. The Kier molecular flexibility index (Phi) is 7.64. The van der Waals surface area contributed by atoms with Crippen molar-refractivity contribution in [2.45, 2.75) is 59.9 Å². The van der Waals surface area contributed by atoms with Crippen LogP contribution in [-0.4, -0.2) is 34.5 Å². The van der Waals surface area contributed by atoms with Gasteiger partial charge in [-0.2, -0.15) is 0 Å². The molecule has 0 rings (SSSR count). The predicted octanol–water partition coefficient (Wildman–Crippen LogP) is 2.77. The summed E-state index contributed by atoms with van der Waals surface area (Å²) in [6, 6.07) is 0.0497. The number of rotatable bonds is 8. The van der Waals surface area contributed by atoms with E-state index >= 15 is 0 Å². The number of aliphatic carboxylic acids is 1. The number of carbonyl (C=O) groups is 2. The first-order valence-electron chi connectivity index (χ1n) is 6.87. The van der Waals surface area contributed by atoms with Gasteiger partial charge < -0.3 is 10.0 Å². The quantitative estimate of drug-likeness (QED) is 0.727. The van der Waals surface area contributed by atoms with Crippen LogP contribution in [0.1, 0.15) is 53.9 Å². The fourth-order valence-corrected chi connectivity index (χ4v) is 2.30. The van der Waals surface area contributed by atoms with Gasteiger partial charge in [0.15, 0.2) is 0 Å². The molecule has 0 saturated heterocycles. The fraction of sp³-hybridized carbons (Fsp3) is 0.857. The predicted molar refractivity (Wildman–Crippen MR) is 72.3 cm³/mol. The first-order valence-corrected chi connectivity index (χ1v) is 6.87. The molecule has 1 atom stereocenters. The Morgan fingerprint density at radius 3 is 1.94 bits per heavy atom. The number of hydrogen-bond donors (Lipinski definition) is 1. The lowest BCUT2D eigenvalue weighted by atomic mass is 9.88. The van der Waals surface area contributed by atoms with Crippen molar-refractivity contribution in [2.24, 2.45) is 11.8 Å². The summed E-state index contributed by atoms with van der Waals surface area (Å²) >= 11 is 0. The molecular formula is C14H27NO3. The molecule has 0 aliphatic carbocycles. The normalized spacial score (nSPS) is 12.8. The van der Waals surface area contributed by atoms with Crippen LogP contribution in [0.2, 0.25) is 0 Å². The lowest BCUT2D eigenvalue weighted by Gasteiger charge is -2.31. The molecular weight excluding hydrogens is 230 g/mol. The van der Waals surface area contributed by atoms with Crippen LogP contribution in [0.4, 0.5) is 0 Å². The van der Waals surface area contributed by atoms with E-state index in [0.29, 0.717) is 12.5 Å². The summed E-state index contributed by atoms with van der Waals surface area (Å²) in [7, 11) is 0. The van der Waals surface area contributed by atoms with E-state index in [1.807, 2.05) is 20.8 Å². The molecule has 1 N–H and O–H groups in total. The zero-order valence-corrected chi connectivity index (χ0v) is 12.3. The summed E-state index contributed by atoms with van der Waals surface area (Å²) in [5.41, 5.74) is 0. The van der Waals surface area contributed by atoms with Crippen molar-refractivity contribution in [3.63, 3.8) is 0 Å². The third-order valence-corrected chi connectivity index (χ3v) is 3.62. The van der Waals surface area contributed by atoms with Gasteiger partial charge in [0.05, 0.1) is 6.42 Å². The second-order valence-electron chi connectivity index (χ2n) is 5.13. The summed E-state index contributed by atoms with van der Waals surface area (Å²) in [5, 5.41) is 8.73. The minimum atomic E-state index is -0.858. The molecule has 0 aromatic heterocycles. The van der Waals surface area contributed by atoms with Gasteiger partial charge >= 0.3 is 5.97 Å². The smallest absolute Gasteiger partial charge is 0.305 e. The van der Waals surface area contributed by atoms with Crippen molar-refractivity contribution in [3.05, 3.63) is 0 Å². The Balaban J connectivity index is 4.69. The van der Waals surface area contributed by atoms with Gasteiger partial charge in [0, 0.05) is 18.5 Å². The van der Waals surface area contributed by atoms with E-state index in [9.17, 15) is 9.59 Å². The largest absolute Gasteiger partial charge is 0.481 e. The van der Waals surface area contributed by atoms with Gasteiger partial charge in [-0.3, -0.25) is 9.59 Å². The Bertz CT molecular complexity index is 272. The van der Waals surface area contributed by atoms with Crippen molar-refractivity contribution in [3.8, 4) is 0 Å². The van der Waals surface area contributed by atoms with E-state index in [4.69, 9.17) is 5.11 Å². The first-order chi connectivity index (χ1) is 8.34. The molecule has 0 saturated carbocycles. The van der Waals surface area contributed by atoms with Gasteiger partial charge in [-0.05, 0) is 19.8 Å². The minimum Gasteiger partial charge on any atom is -0.481 e. The number of carbonyl (C=O) groups excluding carboxylic acids is 1. The summed E-state index contributed by atoms with van der Waals surface area (Å²) < 4.78 is 0. The average Bonchev–Trinajstić information content (AvgIpc) is 2.29. The van der Waals surface area contributed by atoms with Gasteiger partial charge in [-0.1, -0.05) is 33.6 Å². The molecule has 0 aliphatic heterocycles. The highest BCUT2D eigenvalue weighted by atomic mass is 16.4. The van der Waals surface area contributed by atoms with Crippen molar-refractivity contribution in [2.75, 3.05) is 6.54 Å². The molecule has 0 bridgehead atoms. The minimum absolute atomic E-state index is 0.0134. The highest BCUT2D eigenvalue weighted by Gasteiger charge is 2.27. The second kappa shape index (κ2) is 8.11. The highest BCUT2D eigenvalue weighted by molar-refractivity contribution is 5.79. The molecule has 1 amide bonds. The van der Waals surface area contributed by atoms with Crippen LogP contribution in [-0.2, 0) is 9.59 Å². The third kappa shape index (κ3) is 5.07. The molecule has 0 aromatic carbocycles. The zero-order chi connectivity index (χ0) is 14.3. The van der Waals surface area contributed by atoms with Crippen LogP contribution in [0.3, 0.4) is 0 Å². The Morgan fingerprint density at radius 2 is 1.61 bits per heavy atom. The van der Waals surface area contributed by atoms with E-state index in [0.717, 1.165) is 12.8 Å². The number of carboxylic acid groups (broad SMARTS) is 1. The number of amides is 1. The van der Waals surface area contributed by atoms with Crippen molar-refractivity contribution < 1.29 is 14.7 Å². The van der Waals surface area contributed by atoms with Gasteiger partial charge in [-0.15, -0.1) is 0 Å². The number of hydrogen-bond acceptors (Lipinski definition) is 2. The van der Waals surface area contributed by atoms with Crippen LogP contribution >= 0.6 is 0 Å². The molecule has 0 heterocycles. The van der Waals surface area contributed by atoms with Crippen molar-refractivity contribution in [1.82, 2.24) is 4.90 Å². The van der Waals surface area contributed by atoms with Gasteiger partial charge in [0.25, 0.3) is 0 Å². The highest BCUT2D eigenvalue weighted by Crippen LogP contribution is 2.22. The van der Waals surface area contributed by atoms with Crippen LogP contribution in [0.5, 0.6) is 0 Å². The molecule has 0 aromatic rings. The van der Waals surface area contributed by atoms with Gasteiger partial charge in [0.1, 0.15) is 0 Å². The maximum Gasteiger partial charge on any atom is 0.305 e. The van der Waals surface area contributed by atoms with Crippen molar-refractivity contribution in [1.29, 1.82) is 0 Å². The second-order valence-corrected chi connectivity index (χ2v) is 5.13. The maximum absolute atomic E-state index is 12.4. The van der Waals surface area contributed by atoms with E-state index in [-0.39, 0.29) is 24.3 Å². The summed E-state index contributed by atoms with van der Waals surface area (Å²) in [5.74, 6) is -0.427. The fourth-order valence-electron chi connectivity index (χ4n) is 2.30.